The van der Waals surface area contributed by atoms with Gasteiger partial charge in [0.15, 0.2) is 0 Å². The topological polar surface area (TPSA) is 71.2 Å². The molecule has 0 atom stereocenters. The van der Waals surface area contributed by atoms with E-state index in [0.717, 1.165) is 12.8 Å². The normalized spacial score (nSPS) is 15.0. The van der Waals surface area contributed by atoms with Crippen molar-refractivity contribution in [3.8, 4) is 0 Å². The van der Waals surface area contributed by atoms with Crippen LogP contribution in [-0.2, 0) is 10.9 Å². The van der Waals surface area contributed by atoms with Crippen LogP contribution in [0.4, 0.5) is 19.0 Å². The molecule has 1 aliphatic carbocycles. The number of aromatic amines is 1. The Balaban J connectivity index is 2.47. The molecule has 0 saturated heterocycles. The van der Waals surface area contributed by atoms with Crippen molar-refractivity contribution in [1.29, 1.82) is 0 Å². The van der Waals surface area contributed by atoms with E-state index in [1.807, 2.05) is 0 Å². The first-order chi connectivity index (χ1) is 9.32. The number of carbonyl (C=O) groups is 1. The van der Waals surface area contributed by atoms with Crippen LogP contribution in [0.25, 0.3) is 0 Å². The molecule has 0 aromatic carbocycles. The summed E-state index contributed by atoms with van der Waals surface area (Å²) >= 11 is 0. The number of anilines is 1. The molecule has 0 spiro atoms. The Kier molecular flexibility index (Phi) is 3.74. The second kappa shape index (κ2) is 5.18. The van der Waals surface area contributed by atoms with Crippen molar-refractivity contribution >= 4 is 11.8 Å². The van der Waals surface area contributed by atoms with E-state index in [2.05, 4.69) is 10.3 Å². The summed E-state index contributed by atoms with van der Waals surface area (Å²) in [5, 5.41) is 2.82. The summed E-state index contributed by atoms with van der Waals surface area (Å²) in [5.41, 5.74) is -3.01. The molecular formula is C12H13F3N2O3. The monoisotopic (exact) mass is 290 g/mol. The van der Waals surface area contributed by atoms with Gasteiger partial charge in [-0.1, -0.05) is 0 Å². The predicted octanol–water partition coefficient (Wildman–Crippen LogP) is 2.14. The molecule has 2 N–H and O–H groups in total. The summed E-state index contributed by atoms with van der Waals surface area (Å²) < 4.78 is 42.8. The molecule has 1 aromatic heterocycles. The molecule has 8 heteroatoms. The number of rotatable bonds is 4. The summed E-state index contributed by atoms with van der Waals surface area (Å²) in [4.78, 5) is 25.2. The number of aromatic nitrogens is 1. The minimum atomic E-state index is -4.83. The molecule has 1 fully saturated rings. The van der Waals surface area contributed by atoms with Crippen molar-refractivity contribution in [3.05, 3.63) is 27.5 Å². The van der Waals surface area contributed by atoms with Crippen LogP contribution < -0.4 is 10.9 Å². The lowest BCUT2D eigenvalue weighted by Gasteiger charge is -2.13. The maximum atomic E-state index is 12.7. The van der Waals surface area contributed by atoms with Crippen LogP contribution in [0.15, 0.2) is 10.9 Å². The zero-order valence-electron chi connectivity index (χ0n) is 10.6. The minimum Gasteiger partial charge on any atom is -0.462 e. The summed E-state index contributed by atoms with van der Waals surface area (Å²) in [7, 11) is 0. The lowest BCUT2D eigenvalue weighted by molar-refractivity contribution is -0.138. The third-order valence-electron chi connectivity index (χ3n) is 2.77. The first-order valence-electron chi connectivity index (χ1n) is 6.11. The standard InChI is InChI=1S/C12H13F3N2O3/c1-2-20-11(19)7-5-8(12(13,14)15)10(18)17-9(7)16-6-3-4-6/h5-6H,2-4H2,1H3,(H2,16,17,18). The number of carbonyl (C=O) groups excluding carboxylic acids is 1. The first kappa shape index (κ1) is 14.4. The summed E-state index contributed by atoms with van der Waals surface area (Å²) in [6, 6.07) is 0.595. The molecule has 1 heterocycles. The van der Waals surface area contributed by atoms with Gasteiger partial charge in [0.1, 0.15) is 16.9 Å². The molecule has 1 saturated carbocycles. The average molecular weight is 290 g/mol. The molecule has 0 unspecified atom stereocenters. The first-order valence-corrected chi connectivity index (χ1v) is 6.11. The highest BCUT2D eigenvalue weighted by Gasteiger charge is 2.36. The van der Waals surface area contributed by atoms with Crippen LogP contribution in [0.2, 0.25) is 0 Å². The molecule has 5 nitrogen and oxygen atoms in total. The largest absolute Gasteiger partial charge is 0.462 e. The van der Waals surface area contributed by atoms with Crippen LogP contribution >= 0.6 is 0 Å². The van der Waals surface area contributed by atoms with Crippen molar-refractivity contribution < 1.29 is 22.7 Å². The van der Waals surface area contributed by atoms with Crippen molar-refractivity contribution in [2.45, 2.75) is 32.0 Å². The smallest absolute Gasteiger partial charge is 0.421 e. The summed E-state index contributed by atoms with van der Waals surface area (Å²) in [5.74, 6) is -0.929. The Morgan fingerprint density at radius 3 is 2.65 bits per heavy atom. The highest BCUT2D eigenvalue weighted by molar-refractivity contribution is 5.94. The van der Waals surface area contributed by atoms with E-state index in [1.54, 1.807) is 6.92 Å². The van der Waals surface area contributed by atoms with E-state index in [4.69, 9.17) is 4.74 Å². The maximum absolute atomic E-state index is 12.7. The fraction of sp³-hybridized carbons (Fsp3) is 0.500. The number of alkyl halides is 3. The fourth-order valence-corrected chi connectivity index (χ4v) is 1.66. The highest BCUT2D eigenvalue weighted by Crippen LogP contribution is 2.30. The van der Waals surface area contributed by atoms with Crippen LogP contribution in [0.1, 0.15) is 35.7 Å². The lowest BCUT2D eigenvalue weighted by Crippen LogP contribution is -2.25. The van der Waals surface area contributed by atoms with Crippen LogP contribution in [0, 0.1) is 0 Å². The highest BCUT2D eigenvalue weighted by atomic mass is 19.4. The predicted molar refractivity (Wildman–Crippen MR) is 64.7 cm³/mol. The summed E-state index contributed by atoms with van der Waals surface area (Å²) in [6.45, 7) is 1.57. The van der Waals surface area contributed by atoms with E-state index in [-0.39, 0.29) is 24.0 Å². The summed E-state index contributed by atoms with van der Waals surface area (Å²) in [6.07, 6.45) is -3.15. The maximum Gasteiger partial charge on any atom is 0.421 e. The zero-order valence-corrected chi connectivity index (χ0v) is 10.6. The van der Waals surface area contributed by atoms with Gasteiger partial charge in [-0.2, -0.15) is 13.2 Å². The number of esters is 1. The molecule has 0 aliphatic heterocycles. The molecule has 1 aliphatic rings. The Morgan fingerprint density at radius 1 is 1.50 bits per heavy atom. The van der Waals surface area contributed by atoms with Gasteiger partial charge in [0, 0.05) is 6.04 Å². The Bertz CT molecular complexity index is 576. The second-order valence-electron chi connectivity index (χ2n) is 4.44. The van der Waals surface area contributed by atoms with Gasteiger partial charge in [0.25, 0.3) is 5.56 Å². The van der Waals surface area contributed by atoms with Crippen molar-refractivity contribution in [3.63, 3.8) is 0 Å². The number of H-pyrrole nitrogens is 1. The molecular weight excluding hydrogens is 277 g/mol. The molecule has 0 amide bonds. The molecule has 110 valence electrons. The fourth-order valence-electron chi connectivity index (χ4n) is 1.66. The van der Waals surface area contributed by atoms with Gasteiger partial charge in [-0.3, -0.25) is 4.79 Å². The molecule has 20 heavy (non-hydrogen) atoms. The van der Waals surface area contributed by atoms with Crippen molar-refractivity contribution in [1.82, 2.24) is 4.98 Å². The van der Waals surface area contributed by atoms with E-state index >= 15 is 0 Å². The van der Waals surface area contributed by atoms with Gasteiger partial charge in [0.2, 0.25) is 0 Å². The quantitative estimate of drug-likeness (QED) is 0.833. The number of hydrogen-bond donors (Lipinski definition) is 2. The zero-order chi connectivity index (χ0) is 14.9. The van der Waals surface area contributed by atoms with Crippen molar-refractivity contribution in [2.75, 3.05) is 11.9 Å². The molecule has 0 radical (unpaired) electrons. The van der Waals surface area contributed by atoms with Crippen molar-refractivity contribution in [2.24, 2.45) is 0 Å². The van der Waals surface area contributed by atoms with E-state index in [1.165, 1.54) is 0 Å². The average Bonchev–Trinajstić information content (AvgIpc) is 3.11. The third kappa shape index (κ3) is 3.12. The second-order valence-corrected chi connectivity index (χ2v) is 4.44. The minimum absolute atomic E-state index is 0.0241. The SMILES string of the molecule is CCOC(=O)c1cc(C(F)(F)F)c(=O)[nH]c1NC1CC1. The van der Waals surface area contributed by atoms with Gasteiger partial charge in [0.05, 0.1) is 6.61 Å². The Labute approximate surface area is 112 Å². The third-order valence-corrected chi connectivity index (χ3v) is 2.77. The van der Waals surface area contributed by atoms with E-state index in [0.29, 0.717) is 6.07 Å². The van der Waals surface area contributed by atoms with Crippen LogP contribution in [0.3, 0.4) is 0 Å². The molecule has 2 rings (SSSR count). The van der Waals surface area contributed by atoms with E-state index in [9.17, 15) is 22.8 Å². The number of ether oxygens (including phenoxy) is 1. The lowest BCUT2D eigenvalue weighted by atomic mass is 10.1. The number of nitrogens with one attached hydrogen (secondary N) is 2. The molecule has 1 aromatic rings. The number of pyridine rings is 1. The van der Waals surface area contributed by atoms with Gasteiger partial charge >= 0.3 is 12.1 Å². The van der Waals surface area contributed by atoms with Gasteiger partial charge in [-0.05, 0) is 25.8 Å². The number of halogens is 3. The van der Waals surface area contributed by atoms with Crippen LogP contribution in [0.5, 0.6) is 0 Å². The number of hydrogen-bond acceptors (Lipinski definition) is 4. The molecule has 0 bridgehead atoms. The van der Waals surface area contributed by atoms with Gasteiger partial charge in [-0.15, -0.1) is 0 Å². The van der Waals surface area contributed by atoms with Crippen LogP contribution in [-0.4, -0.2) is 23.6 Å². The van der Waals surface area contributed by atoms with E-state index < -0.39 is 23.3 Å². The van der Waals surface area contributed by atoms with Gasteiger partial charge in [-0.25, -0.2) is 4.79 Å². The Morgan fingerprint density at radius 2 is 2.15 bits per heavy atom. The van der Waals surface area contributed by atoms with Gasteiger partial charge < -0.3 is 15.0 Å². The Hall–Kier alpha value is -1.99.